The van der Waals surface area contributed by atoms with Gasteiger partial charge in [-0.2, -0.15) is 0 Å². The molecule has 0 aliphatic carbocycles. The van der Waals surface area contributed by atoms with Gasteiger partial charge in [0.1, 0.15) is 0 Å². The van der Waals surface area contributed by atoms with Gasteiger partial charge in [0.2, 0.25) is 0 Å². The Hall–Kier alpha value is -3.43. The predicted octanol–water partition coefficient (Wildman–Crippen LogP) is 8.06. The molecule has 8 aromatic carbocycles. The second kappa shape index (κ2) is 19.5. The third kappa shape index (κ3) is 9.56. The molecule has 8 aromatic rings. The van der Waals surface area contributed by atoms with Crippen molar-refractivity contribution >= 4 is 84.8 Å². The van der Waals surface area contributed by atoms with Crippen LogP contribution in [0.2, 0.25) is 34.3 Å². The second-order valence-corrected chi connectivity index (χ2v) is 52.1. The maximum Gasteiger partial charge on any atom is 2.00 e. The minimum atomic E-state index is -3.18. The molecule has 0 spiro atoms. The van der Waals surface area contributed by atoms with Gasteiger partial charge in [0.25, 0.3) is 0 Å². The molecule has 0 aliphatic rings. The molecule has 0 radical (unpaired) electrons. The molecule has 0 N–H and O–H groups in total. The van der Waals surface area contributed by atoms with E-state index < -0.39 is 52.9 Å². The summed E-state index contributed by atoms with van der Waals surface area (Å²) in [4.78, 5) is 0. The van der Waals surface area contributed by atoms with Crippen LogP contribution in [0.5, 0.6) is 0 Å². The summed E-state index contributed by atoms with van der Waals surface area (Å²) in [6, 6.07) is 86.6. The molecule has 0 saturated carbocycles. The second-order valence-electron chi connectivity index (χ2n) is 16.5. The third-order valence-electron chi connectivity index (χ3n) is 11.9. The minimum Gasteiger partial charge on any atom is 2.00 e. The minimum absolute atomic E-state index is 0. The first-order valence-electron chi connectivity index (χ1n) is 20.0. The summed E-state index contributed by atoms with van der Waals surface area (Å²) in [5.41, 5.74) is 0. The van der Waals surface area contributed by atoms with Gasteiger partial charge >= 0.3 is 367 Å². The van der Waals surface area contributed by atoms with Crippen LogP contribution in [0, 0.1) is 0 Å². The molecule has 286 valence electrons. The van der Waals surface area contributed by atoms with E-state index in [0.29, 0.717) is 0 Å². The average molecular weight is 1030 g/mol. The van der Waals surface area contributed by atoms with Crippen LogP contribution in [-0.2, 0) is 17.1 Å². The molecule has 0 unspecified atom stereocenters. The van der Waals surface area contributed by atoms with Gasteiger partial charge in [-0.05, 0) is 0 Å². The van der Waals surface area contributed by atoms with Gasteiger partial charge in [0.05, 0.1) is 0 Å². The van der Waals surface area contributed by atoms with Crippen molar-refractivity contribution in [1.82, 2.24) is 0 Å². The van der Waals surface area contributed by atoms with Crippen molar-refractivity contribution in [1.29, 1.82) is 0 Å². The van der Waals surface area contributed by atoms with E-state index >= 15 is 0 Å². The van der Waals surface area contributed by atoms with Crippen LogP contribution in [0.3, 0.4) is 0 Å². The number of hydrogen-bond acceptors (Lipinski definition) is 0. The Kier molecular flexibility index (Phi) is 14.8. The summed E-state index contributed by atoms with van der Waals surface area (Å²) in [7, 11) is -3.24. The molecule has 0 aliphatic heterocycles. The fourth-order valence-electron chi connectivity index (χ4n) is 9.13. The molecule has 5 heteroatoms. The van der Waals surface area contributed by atoms with Crippen molar-refractivity contribution in [2.45, 2.75) is 34.3 Å². The van der Waals surface area contributed by atoms with Crippen LogP contribution in [0.25, 0.3) is 0 Å². The van der Waals surface area contributed by atoms with E-state index in [0.717, 1.165) is 0 Å². The first-order chi connectivity index (χ1) is 27.3. The Morgan fingerprint density at radius 2 is 0.474 bits per heavy atom. The van der Waals surface area contributed by atoms with E-state index in [1.54, 1.807) is 31.8 Å². The Morgan fingerprint density at radius 1 is 0.298 bits per heavy atom. The zero-order chi connectivity index (χ0) is 38.9. The molecule has 0 nitrogen and oxygen atoms in total. The summed E-state index contributed by atoms with van der Waals surface area (Å²) in [5.74, 6) is 0. The van der Waals surface area contributed by atoms with Crippen LogP contribution in [0.15, 0.2) is 231 Å². The van der Waals surface area contributed by atoms with Gasteiger partial charge < -0.3 is 0 Å². The van der Waals surface area contributed by atoms with E-state index in [2.05, 4.69) is 257 Å². The predicted molar refractivity (Wildman–Crippen MR) is 256 cm³/mol. The maximum absolute atomic E-state index is 3.18. The van der Waals surface area contributed by atoms with Gasteiger partial charge in [0, 0.05) is 0 Å². The van der Waals surface area contributed by atoms with Crippen molar-refractivity contribution in [2.24, 2.45) is 0 Å². The molecule has 0 saturated heterocycles. The van der Waals surface area contributed by atoms with Crippen molar-refractivity contribution in [3.63, 3.8) is 0 Å². The standard InChI is InChI=1S/2C8H12Si.6C6H5.Fe.2Sn/c2*1-9(2,3)8-6-4-5-7-8;6*1-2-4-6-5-3-1;;;/h2*4-7H,1H2,2-3H3;6*1-5H;;;/q2*-1;;;;;;;+2;;. The van der Waals surface area contributed by atoms with Gasteiger partial charge in [0.15, 0.2) is 0 Å². The molecule has 0 fully saturated rings. The van der Waals surface area contributed by atoms with Crippen LogP contribution in [0.4, 0.5) is 0 Å². The van der Waals surface area contributed by atoms with Crippen LogP contribution in [-0.4, -0.2) is 52.9 Å². The molecule has 8 rings (SSSR count). The van der Waals surface area contributed by atoms with E-state index in [1.807, 2.05) is 0 Å². The largest absolute Gasteiger partial charge is 2.00 e. The molecular weight excluding hydrogens is 974 g/mol. The fraction of sp³-hybridized carbons (Fsp3) is 0.115. The summed E-state index contributed by atoms with van der Waals surface area (Å²) < 4.78 is 12.2. The van der Waals surface area contributed by atoms with E-state index in [4.69, 9.17) is 0 Å². The maximum atomic E-state index is 2.56. The molecule has 0 aromatic heterocycles. The van der Waals surface area contributed by atoms with Crippen molar-refractivity contribution in [3.05, 3.63) is 231 Å². The van der Waals surface area contributed by atoms with Crippen molar-refractivity contribution < 1.29 is 17.1 Å². The molecule has 0 bridgehead atoms. The number of hydrogen-bond donors (Lipinski definition) is 0. The normalized spacial score (nSPS) is 11.9. The van der Waals surface area contributed by atoms with E-state index in [1.165, 1.54) is 8.12 Å². The average Bonchev–Trinajstić information content (AvgIpc) is 4.02. The zero-order valence-corrected chi connectivity index (χ0v) is 42.5. The smallest absolute Gasteiger partial charge is 2.00 e. The third-order valence-corrected chi connectivity index (χ3v) is 65.3. The monoisotopic (exact) mass is 1030 g/mol. The molecular formula is C52H54FeSi2Sn2. The van der Waals surface area contributed by atoms with Gasteiger partial charge in [-0.1, -0.05) is 0 Å². The summed E-state index contributed by atoms with van der Waals surface area (Å²) in [5, 5.41) is 3.16. The SMILES string of the molecule is C[Si](C)([CH2][Sn]([c]1ccccc1)([c]1ccccc1)[c]1ccccc1)[c-]1cccc1.C[Si](C)([CH2][Sn]([c]1ccccc1)([c]1ccccc1)[c]1ccccc1)[c-]1cccc1.[Fe+2]. The van der Waals surface area contributed by atoms with E-state index in [9.17, 15) is 0 Å². The Labute approximate surface area is 363 Å². The van der Waals surface area contributed by atoms with Crippen LogP contribution in [0.1, 0.15) is 0 Å². The van der Waals surface area contributed by atoms with E-state index in [-0.39, 0.29) is 17.1 Å². The summed E-state index contributed by atoms with van der Waals surface area (Å²) in [6.45, 7) is 10.2. The quantitative estimate of drug-likeness (QED) is 0.0860. The van der Waals surface area contributed by atoms with Gasteiger partial charge in [-0.25, -0.2) is 0 Å². The Bertz CT molecular complexity index is 1970. The molecule has 0 amide bonds. The molecule has 57 heavy (non-hydrogen) atoms. The number of rotatable bonds is 12. The topological polar surface area (TPSA) is 0 Å². The first kappa shape index (κ1) is 43.2. The fourth-order valence-corrected chi connectivity index (χ4v) is 71.0. The zero-order valence-electron chi connectivity index (χ0n) is 33.7. The van der Waals surface area contributed by atoms with Crippen molar-refractivity contribution in [3.8, 4) is 0 Å². The Morgan fingerprint density at radius 3 is 0.649 bits per heavy atom. The van der Waals surface area contributed by atoms with Crippen LogP contribution >= 0.6 is 0 Å². The van der Waals surface area contributed by atoms with Gasteiger partial charge in [-0.3, -0.25) is 0 Å². The molecule has 0 atom stereocenters. The molecule has 0 heterocycles. The van der Waals surface area contributed by atoms with Crippen LogP contribution < -0.4 is 31.8 Å². The number of benzene rings is 6. The first-order valence-corrected chi connectivity index (χ1v) is 39.0. The van der Waals surface area contributed by atoms with Gasteiger partial charge in [-0.15, -0.1) is 0 Å². The Balaban J connectivity index is 0.000000189. The van der Waals surface area contributed by atoms with Crippen molar-refractivity contribution in [2.75, 3.05) is 0 Å². The summed E-state index contributed by atoms with van der Waals surface area (Å²) in [6.07, 6.45) is 0. The summed E-state index contributed by atoms with van der Waals surface area (Å²) >= 11 is -6.35.